The Morgan fingerprint density at radius 2 is 1.62 bits per heavy atom. The molecule has 0 aliphatic carbocycles. The van der Waals surface area contributed by atoms with Gasteiger partial charge in [-0.2, -0.15) is 0 Å². The molecule has 0 aromatic heterocycles. The van der Waals surface area contributed by atoms with E-state index in [4.69, 9.17) is 26.4 Å². The maximum absolute atomic E-state index is 11.9. The van der Waals surface area contributed by atoms with Crippen molar-refractivity contribution in [1.29, 1.82) is 0 Å². The van der Waals surface area contributed by atoms with Gasteiger partial charge in [0.1, 0.15) is 5.75 Å². The van der Waals surface area contributed by atoms with Crippen LogP contribution in [0.2, 0.25) is 0 Å². The Kier molecular flexibility index (Phi) is 8.56. The SMILES string of the molecule is CCOC(=O)C(NC(=S)Nc1ccccc1OCC)C(=O)OCC. The molecule has 1 aromatic rings. The Bertz CT molecular complexity index is 561. The number of hydrogen-bond acceptors (Lipinski definition) is 6. The molecule has 0 amide bonds. The fourth-order valence-corrected chi connectivity index (χ4v) is 2.03. The number of rotatable bonds is 8. The molecule has 0 saturated carbocycles. The average molecular weight is 354 g/mol. The van der Waals surface area contributed by atoms with E-state index in [0.29, 0.717) is 18.0 Å². The fourth-order valence-electron chi connectivity index (χ4n) is 1.81. The van der Waals surface area contributed by atoms with Gasteiger partial charge in [0.25, 0.3) is 0 Å². The third kappa shape index (κ3) is 6.04. The minimum atomic E-state index is -1.33. The van der Waals surface area contributed by atoms with Crippen LogP contribution in [0.3, 0.4) is 0 Å². The molecule has 7 nitrogen and oxygen atoms in total. The van der Waals surface area contributed by atoms with Crippen molar-refractivity contribution in [2.45, 2.75) is 26.8 Å². The predicted molar refractivity (Wildman–Crippen MR) is 94.0 cm³/mol. The zero-order valence-corrected chi connectivity index (χ0v) is 14.8. The Morgan fingerprint density at radius 1 is 1.04 bits per heavy atom. The van der Waals surface area contributed by atoms with Crippen LogP contribution in [0.25, 0.3) is 0 Å². The summed E-state index contributed by atoms with van der Waals surface area (Å²) in [5.74, 6) is -0.899. The van der Waals surface area contributed by atoms with Gasteiger partial charge >= 0.3 is 11.9 Å². The van der Waals surface area contributed by atoms with Crippen LogP contribution in [0, 0.1) is 0 Å². The summed E-state index contributed by atoms with van der Waals surface area (Å²) >= 11 is 5.17. The normalized spacial score (nSPS) is 10.0. The number of nitrogens with one attached hydrogen (secondary N) is 2. The molecule has 0 bridgehead atoms. The first-order valence-electron chi connectivity index (χ1n) is 7.66. The topological polar surface area (TPSA) is 85.9 Å². The van der Waals surface area contributed by atoms with E-state index < -0.39 is 18.0 Å². The van der Waals surface area contributed by atoms with Gasteiger partial charge in [0, 0.05) is 0 Å². The van der Waals surface area contributed by atoms with Gasteiger partial charge in [0.05, 0.1) is 25.5 Å². The second-order valence-electron chi connectivity index (χ2n) is 4.46. The summed E-state index contributed by atoms with van der Waals surface area (Å²) in [6.45, 7) is 5.94. The van der Waals surface area contributed by atoms with Crippen LogP contribution in [0.4, 0.5) is 5.69 Å². The van der Waals surface area contributed by atoms with E-state index in [1.165, 1.54) is 0 Å². The Hall–Kier alpha value is -2.35. The number of carbonyl (C=O) groups is 2. The molecule has 24 heavy (non-hydrogen) atoms. The van der Waals surface area contributed by atoms with Crippen LogP contribution in [0.15, 0.2) is 24.3 Å². The van der Waals surface area contributed by atoms with Gasteiger partial charge in [-0.3, -0.25) is 0 Å². The molecule has 0 saturated heterocycles. The highest BCUT2D eigenvalue weighted by Gasteiger charge is 2.30. The van der Waals surface area contributed by atoms with E-state index in [9.17, 15) is 9.59 Å². The molecule has 0 radical (unpaired) electrons. The monoisotopic (exact) mass is 354 g/mol. The number of esters is 2. The second kappa shape index (κ2) is 10.4. The highest BCUT2D eigenvalue weighted by molar-refractivity contribution is 7.80. The van der Waals surface area contributed by atoms with Crippen LogP contribution in [-0.2, 0) is 19.1 Å². The number of carbonyl (C=O) groups excluding carboxylic acids is 2. The van der Waals surface area contributed by atoms with Crippen molar-refractivity contribution in [3.8, 4) is 5.75 Å². The zero-order valence-electron chi connectivity index (χ0n) is 14.0. The molecule has 0 atom stereocenters. The van der Waals surface area contributed by atoms with Crippen molar-refractivity contribution in [2.75, 3.05) is 25.1 Å². The summed E-state index contributed by atoms with van der Waals surface area (Å²) in [5.41, 5.74) is 0.614. The van der Waals surface area contributed by atoms with Crippen LogP contribution in [0.5, 0.6) is 5.75 Å². The van der Waals surface area contributed by atoms with Gasteiger partial charge in [-0.15, -0.1) is 0 Å². The lowest BCUT2D eigenvalue weighted by atomic mass is 10.3. The number of hydrogen-bond donors (Lipinski definition) is 2. The first-order valence-corrected chi connectivity index (χ1v) is 8.06. The molecular formula is C16H22N2O5S. The highest BCUT2D eigenvalue weighted by Crippen LogP contribution is 2.23. The summed E-state index contributed by atoms with van der Waals surface area (Å²) in [6, 6.07) is 5.85. The van der Waals surface area contributed by atoms with Gasteiger partial charge in [-0.25, -0.2) is 9.59 Å². The third-order valence-electron chi connectivity index (χ3n) is 2.76. The first kappa shape index (κ1) is 19.7. The number of thiocarbonyl (C=S) groups is 1. The number of anilines is 1. The molecule has 0 aliphatic rings. The molecular weight excluding hydrogens is 332 g/mol. The lowest BCUT2D eigenvalue weighted by Crippen LogP contribution is -2.49. The first-order chi connectivity index (χ1) is 11.5. The van der Waals surface area contributed by atoms with Gasteiger partial charge in [0.15, 0.2) is 5.11 Å². The van der Waals surface area contributed by atoms with Crippen LogP contribution < -0.4 is 15.4 Å². The van der Waals surface area contributed by atoms with E-state index >= 15 is 0 Å². The molecule has 1 aromatic carbocycles. The van der Waals surface area contributed by atoms with Crippen molar-refractivity contribution < 1.29 is 23.8 Å². The maximum atomic E-state index is 11.9. The summed E-state index contributed by atoms with van der Waals surface area (Å²) in [4.78, 5) is 23.8. The van der Waals surface area contributed by atoms with Crippen molar-refractivity contribution in [3.05, 3.63) is 24.3 Å². The average Bonchev–Trinajstić information content (AvgIpc) is 2.55. The Labute approximate surface area is 146 Å². The number of ether oxygens (including phenoxy) is 3. The maximum Gasteiger partial charge on any atom is 0.340 e. The molecule has 2 N–H and O–H groups in total. The highest BCUT2D eigenvalue weighted by atomic mass is 32.1. The standard InChI is InChI=1S/C16H22N2O5S/c1-4-21-12-10-8-7-9-11(12)17-16(24)18-13(14(19)22-5-2)15(20)23-6-3/h7-10,13H,4-6H2,1-3H3,(H2,17,18,24). The molecule has 0 spiro atoms. The molecule has 132 valence electrons. The minimum absolute atomic E-state index is 0.0771. The van der Waals surface area contributed by atoms with E-state index in [1.807, 2.05) is 19.1 Å². The van der Waals surface area contributed by atoms with Gasteiger partial charge in [-0.05, 0) is 45.1 Å². The summed E-state index contributed by atoms with van der Waals surface area (Å²) in [5, 5.41) is 5.60. The number of benzene rings is 1. The van der Waals surface area contributed by atoms with Gasteiger partial charge < -0.3 is 24.8 Å². The van der Waals surface area contributed by atoms with Crippen molar-refractivity contribution in [1.82, 2.24) is 5.32 Å². The molecule has 0 aliphatic heterocycles. The largest absolute Gasteiger partial charge is 0.492 e. The van der Waals surface area contributed by atoms with Crippen LogP contribution >= 0.6 is 12.2 Å². The van der Waals surface area contributed by atoms with Crippen LogP contribution in [-0.4, -0.2) is 42.9 Å². The lowest BCUT2D eigenvalue weighted by Gasteiger charge is -2.19. The molecule has 0 unspecified atom stereocenters. The fraction of sp³-hybridized carbons (Fsp3) is 0.438. The van der Waals surface area contributed by atoms with Gasteiger partial charge in [0.2, 0.25) is 6.04 Å². The van der Waals surface area contributed by atoms with Crippen molar-refractivity contribution in [2.24, 2.45) is 0 Å². The van der Waals surface area contributed by atoms with E-state index in [0.717, 1.165) is 0 Å². The summed E-state index contributed by atoms with van der Waals surface area (Å²) in [6.07, 6.45) is 0. The van der Waals surface area contributed by atoms with Crippen molar-refractivity contribution >= 4 is 35.0 Å². The molecule has 0 fully saturated rings. The summed E-state index contributed by atoms with van der Waals surface area (Å²) < 4.78 is 15.2. The number of para-hydroxylation sites is 2. The lowest BCUT2D eigenvalue weighted by molar-refractivity contribution is -0.157. The van der Waals surface area contributed by atoms with E-state index in [2.05, 4.69) is 10.6 Å². The third-order valence-corrected chi connectivity index (χ3v) is 2.98. The zero-order chi connectivity index (χ0) is 17.9. The van der Waals surface area contributed by atoms with Crippen molar-refractivity contribution in [3.63, 3.8) is 0 Å². The molecule has 0 heterocycles. The Balaban J connectivity index is 2.81. The van der Waals surface area contributed by atoms with E-state index in [1.54, 1.807) is 26.0 Å². The molecule has 8 heteroatoms. The molecule has 1 rings (SSSR count). The van der Waals surface area contributed by atoms with E-state index in [-0.39, 0.29) is 18.3 Å². The minimum Gasteiger partial charge on any atom is -0.492 e. The van der Waals surface area contributed by atoms with Crippen LogP contribution in [0.1, 0.15) is 20.8 Å². The predicted octanol–water partition coefficient (Wildman–Crippen LogP) is 1.87. The smallest absolute Gasteiger partial charge is 0.340 e. The summed E-state index contributed by atoms with van der Waals surface area (Å²) in [7, 11) is 0. The van der Waals surface area contributed by atoms with Gasteiger partial charge in [-0.1, -0.05) is 12.1 Å². The second-order valence-corrected chi connectivity index (χ2v) is 4.87. The Morgan fingerprint density at radius 3 is 2.17 bits per heavy atom. The quantitative estimate of drug-likeness (QED) is 0.416.